The van der Waals surface area contributed by atoms with Crippen LogP contribution < -0.4 is 11.1 Å². The number of hydrogen-bond acceptors (Lipinski definition) is 7. The number of aromatic nitrogens is 2. The Hall–Kier alpha value is -2.78. The molecule has 0 bridgehead atoms. The Morgan fingerprint density at radius 1 is 1.52 bits per heavy atom. The second-order valence-corrected chi connectivity index (χ2v) is 7.50. The Bertz CT molecular complexity index is 918. The zero-order valence-electron chi connectivity index (χ0n) is 15.4. The number of nitrogens with one attached hydrogen (secondary N) is 1. The Balaban J connectivity index is 1.93. The number of hydrogen-bond donors (Lipinski definition) is 3. The van der Waals surface area contributed by atoms with Crippen LogP contribution in [0.5, 0.6) is 0 Å². The van der Waals surface area contributed by atoms with E-state index in [-0.39, 0.29) is 12.5 Å². The SMILES string of the molecule is CN=C(C=CN)Nc1nccc(-c2cc3c(s2)C(C)(C)N(CCO)C3=O)n1. The van der Waals surface area contributed by atoms with Gasteiger partial charge in [0, 0.05) is 24.7 Å². The normalized spacial score (nSPS) is 16.2. The molecule has 0 aliphatic carbocycles. The lowest BCUT2D eigenvalue weighted by Gasteiger charge is -2.31. The number of fused-ring (bicyclic) bond motifs is 1. The number of thiophene rings is 1. The average Bonchev–Trinajstić information content (AvgIpc) is 3.17. The van der Waals surface area contributed by atoms with Crippen molar-refractivity contribution in [2.75, 3.05) is 25.5 Å². The van der Waals surface area contributed by atoms with Crippen LogP contribution in [0.25, 0.3) is 10.6 Å². The minimum atomic E-state index is -0.458. The van der Waals surface area contributed by atoms with Gasteiger partial charge in [0.1, 0.15) is 5.84 Å². The molecule has 4 N–H and O–H groups in total. The van der Waals surface area contributed by atoms with E-state index in [0.717, 1.165) is 15.4 Å². The molecule has 2 aromatic rings. The molecule has 0 saturated heterocycles. The first-order valence-electron chi connectivity index (χ1n) is 8.45. The first-order valence-corrected chi connectivity index (χ1v) is 9.26. The van der Waals surface area contributed by atoms with Gasteiger partial charge in [-0.1, -0.05) is 0 Å². The number of carbonyl (C=O) groups is 1. The number of amides is 1. The molecule has 0 atom stereocenters. The van der Waals surface area contributed by atoms with Gasteiger partial charge in [0.15, 0.2) is 0 Å². The van der Waals surface area contributed by atoms with E-state index in [1.807, 2.05) is 19.9 Å². The van der Waals surface area contributed by atoms with E-state index in [4.69, 9.17) is 5.73 Å². The molecule has 0 radical (unpaired) electrons. The molecule has 0 aromatic carbocycles. The van der Waals surface area contributed by atoms with Gasteiger partial charge in [0.25, 0.3) is 5.91 Å². The predicted molar refractivity (Wildman–Crippen MR) is 107 cm³/mol. The topological polar surface area (TPSA) is 117 Å². The number of anilines is 1. The van der Waals surface area contributed by atoms with Crippen LogP contribution in [0.3, 0.4) is 0 Å². The third kappa shape index (κ3) is 3.43. The lowest BCUT2D eigenvalue weighted by molar-refractivity contribution is 0.0565. The van der Waals surface area contributed by atoms with Crippen molar-refractivity contribution in [1.82, 2.24) is 14.9 Å². The van der Waals surface area contributed by atoms with Gasteiger partial charge in [0.05, 0.1) is 28.3 Å². The van der Waals surface area contributed by atoms with Gasteiger partial charge in [-0.05, 0) is 38.3 Å². The molecule has 9 heteroatoms. The standard InChI is InChI=1S/C18H22N6O2S/c1-18(2)15-11(16(26)24(18)8-9-25)10-13(27-15)12-5-7-21-17(22-12)23-14(20-3)4-6-19/h4-7,10,25H,8-9,19H2,1-3H3,(H,20,21,22,23). The number of aliphatic hydroxyl groups excluding tert-OH is 1. The van der Waals surface area contributed by atoms with Crippen LogP contribution in [-0.4, -0.2) is 51.9 Å². The van der Waals surface area contributed by atoms with Gasteiger partial charge in [-0.3, -0.25) is 9.79 Å². The Morgan fingerprint density at radius 2 is 2.30 bits per heavy atom. The van der Waals surface area contributed by atoms with Crippen LogP contribution in [0.2, 0.25) is 0 Å². The van der Waals surface area contributed by atoms with Crippen LogP contribution in [0.4, 0.5) is 5.95 Å². The van der Waals surface area contributed by atoms with Crippen molar-refractivity contribution in [3.05, 3.63) is 41.0 Å². The van der Waals surface area contributed by atoms with Gasteiger partial charge < -0.3 is 21.1 Å². The summed E-state index contributed by atoms with van der Waals surface area (Å²) in [6.45, 7) is 4.24. The maximum absolute atomic E-state index is 12.7. The number of aliphatic hydroxyl groups is 1. The first-order chi connectivity index (χ1) is 12.9. The molecule has 2 aromatic heterocycles. The number of nitrogens with zero attached hydrogens (tertiary/aromatic N) is 4. The molecule has 3 rings (SSSR count). The van der Waals surface area contributed by atoms with E-state index in [1.165, 1.54) is 17.5 Å². The van der Waals surface area contributed by atoms with Gasteiger partial charge in [-0.25, -0.2) is 9.97 Å². The van der Waals surface area contributed by atoms with Crippen molar-refractivity contribution < 1.29 is 9.90 Å². The molecule has 27 heavy (non-hydrogen) atoms. The van der Waals surface area contributed by atoms with Gasteiger partial charge >= 0.3 is 0 Å². The van der Waals surface area contributed by atoms with Gasteiger partial charge in [0.2, 0.25) is 5.95 Å². The smallest absolute Gasteiger partial charge is 0.255 e. The highest BCUT2D eigenvalue weighted by Gasteiger charge is 2.44. The number of nitrogens with two attached hydrogens (primary N) is 1. The minimum Gasteiger partial charge on any atom is -0.404 e. The molecular formula is C18H22N6O2S. The molecule has 142 valence electrons. The van der Waals surface area contributed by atoms with Crippen LogP contribution in [0.15, 0.2) is 35.6 Å². The summed E-state index contributed by atoms with van der Waals surface area (Å²) >= 11 is 1.53. The molecule has 0 saturated carbocycles. The van der Waals surface area contributed by atoms with Crippen molar-refractivity contribution in [1.29, 1.82) is 0 Å². The molecule has 1 aliphatic heterocycles. The Kier molecular flexibility index (Phi) is 5.24. The number of aliphatic imine (C=N–C) groups is 1. The number of amidine groups is 1. The molecule has 1 aliphatic rings. The number of rotatable bonds is 5. The van der Waals surface area contributed by atoms with Crippen molar-refractivity contribution >= 4 is 29.0 Å². The zero-order chi connectivity index (χ0) is 19.6. The quantitative estimate of drug-likeness (QED) is 0.533. The van der Waals surface area contributed by atoms with Crippen LogP contribution in [0.1, 0.15) is 29.1 Å². The molecule has 1 amide bonds. The van der Waals surface area contributed by atoms with Crippen LogP contribution in [-0.2, 0) is 5.54 Å². The summed E-state index contributed by atoms with van der Waals surface area (Å²) in [5.41, 5.74) is 6.33. The summed E-state index contributed by atoms with van der Waals surface area (Å²) in [6.07, 6.45) is 4.65. The number of β-amino-alcohol motifs (C(OH)–C–C–N with tert-alkyl or cyclic N) is 1. The minimum absolute atomic E-state index is 0.0591. The summed E-state index contributed by atoms with van der Waals surface area (Å²) in [5, 5.41) is 12.3. The van der Waals surface area contributed by atoms with Crippen molar-refractivity contribution in [3.63, 3.8) is 0 Å². The second-order valence-electron chi connectivity index (χ2n) is 6.45. The van der Waals surface area contributed by atoms with Crippen molar-refractivity contribution in [2.24, 2.45) is 10.7 Å². The Morgan fingerprint density at radius 3 is 2.93 bits per heavy atom. The third-order valence-corrected chi connectivity index (χ3v) is 5.88. The van der Waals surface area contributed by atoms with E-state index in [9.17, 15) is 9.90 Å². The fourth-order valence-corrected chi connectivity index (χ4v) is 4.30. The second kappa shape index (κ2) is 7.45. The molecule has 8 nitrogen and oxygen atoms in total. The maximum atomic E-state index is 12.7. The molecule has 0 unspecified atom stereocenters. The van der Waals surface area contributed by atoms with E-state index in [0.29, 0.717) is 23.9 Å². The fourth-order valence-electron chi connectivity index (χ4n) is 3.07. The lowest BCUT2D eigenvalue weighted by Crippen LogP contribution is -2.40. The van der Waals surface area contributed by atoms with E-state index in [2.05, 4.69) is 20.3 Å². The molecule has 0 spiro atoms. The van der Waals surface area contributed by atoms with Crippen LogP contribution in [0, 0.1) is 0 Å². The van der Waals surface area contributed by atoms with Crippen LogP contribution >= 0.6 is 11.3 Å². The summed E-state index contributed by atoms with van der Waals surface area (Å²) in [6, 6.07) is 3.67. The van der Waals surface area contributed by atoms with Gasteiger partial charge in [-0.2, -0.15) is 0 Å². The van der Waals surface area contributed by atoms with Crippen molar-refractivity contribution in [3.8, 4) is 10.6 Å². The molecular weight excluding hydrogens is 364 g/mol. The first kappa shape index (κ1) is 19.0. The lowest BCUT2D eigenvalue weighted by atomic mass is 10.0. The summed E-state index contributed by atoms with van der Waals surface area (Å²) < 4.78 is 0. The highest BCUT2D eigenvalue weighted by Crippen LogP contribution is 2.45. The fraction of sp³-hybridized carbons (Fsp3) is 0.333. The predicted octanol–water partition coefficient (Wildman–Crippen LogP) is 1.80. The Labute approximate surface area is 161 Å². The maximum Gasteiger partial charge on any atom is 0.255 e. The summed E-state index contributed by atoms with van der Waals surface area (Å²) in [5.74, 6) is 0.874. The monoisotopic (exact) mass is 386 g/mol. The average molecular weight is 386 g/mol. The molecule has 3 heterocycles. The highest BCUT2D eigenvalue weighted by molar-refractivity contribution is 7.16. The summed E-state index contributed by atoms with van der Waals surface area (Å²) in [7, 11) is 1.64. The zero-order valence-corrected chi connectivity index (χ0v) is 16.2. The number of carbonyl (C=O) groups excluding carboxylic acids is 1. The van der Waals surface area contributed by atoms with Gasteiger partial charge in [-0.15, -0.1) is 11.3 Å². The van der Waals surface area contributed by atoms with Crippen molar-refractivity contribution in [2.45, 2.75) is 19.4 Å². The highest BCUT2D eigenvalue weighted by atomic mass is 32.1. The van der Waals surface area contributed by atoms with E-state index >= 15 is 0 Å². The molecule has 0 fully saturated rings. The third-order valence-electron chi connectivity index (χ3n) is 4.40. The van der Waals surface area contributed by atoms with E-state index in [1.54, 1.807) is 30.3 Å². The van der Waals surface area contributed by atoms with E-state index < -0.39 is 5.54 Å². The largest absolute Gasteiger partial charge is 0.404 e. The summed E-state index contributed by atoms with van der Waals surface area (Å²) in [4.78, 5) is 29.1.